The number of nitro groups is 1. The van der Waals surface area contributed by atoms with Gasteiger partial charge >= 0.3 is 6.09 Å². The number of nitrogens with one attached hydrogen (secondary N) is 1. The Bertz CT molecular complexity index is 786. The zero-order chi connectivity index (χ0) is 19.4. The van der Waals surface area contributed by atoms with Crippen molar-refractivity contribution in [1.29, 1.82) is 0 Å². The van der Waals surface area contributed by atoms with Gasteiger partial charge in [-0.1, -0.05) is 6.07 Å². The van der Waals surface area contributed by atoms with Crippen LogP contribution in [0.15, 0.2) is 23.3 Å². The van der Waals surface area contributed by atoms with E-state index in [1.54, 1.807) is 24.0 Å². The monoisotopic (exact) mass is 375 g/mol. The zero-order valence-corrected chi connectivity index (χ0v) is 15.0. The van der Waals surface area contributed by atoms with Crippen LogP contribution in [-0.2, 0) is 9.53 Å². The van der Waals surface area contributed by atoms with Crippen molar-refractivity contribution >= 4 is 29.1 Å². The number of nitrogens with zero attached hydrogens (tertiary/aromatic N) is 4. The Morgan fingerprint density at radius 2 is 2.04 bits per heavy atom. The summed E-state index contributed by atoms with van der Waals surface area (Å²) in [5, 5.41) is 15.6. The van der Waals surface area contributed by atoms with Crippen molar-refractivity contribution in [2.45, 2.75) is 19.8 Å². The van der Waals surface area contributed by atoms with Crippen LogP contribution in [0.1, 0.15) is 25.3 Å². The molecule has 2 heterocycles. The summed E-state index contributed by atoms with van der Waals surface area (Å²) in [5.41, 5.74) is 4.14. The van der Waals surface area contributed by atoms with E-state index in [2.05, 4.69) is 10.5 Å². The highest BCUT2D eigenvalue weighted by atomic mass is 16.6. The van der Waals surface area contributed by atoms with Crippen LogP contribution in [0.4, 0.5) is 16.2 Å². The first-order valence-electron chi connectivity index (χ1n) is 8.80. The molecule has 1 aromatic carbocycles. The molecule has 0 saturated carbocycles. The Labute approximate surface area is 155 Å². The number of hydrogen-bond donors (Lipinski definition) is 1. The highest BCUT2D eigenvalue weighted by molar-refractivity contribution is 6.05. The van der Waals surface area contributed by atoms with Crippen molar-refractivity contribution in [3.63, 3.8) is 0 Å². The molecule has 0 atom stereocenters. The lowest BCUT2D eigenvalue weighted by Crippen LogP contribution is -2.49. The van der Waals surface area contributed by atoms with Gasteiger partial charge in [0.15, 0.2) is 0 Å². The van der Waals surface area contributed by atoms with E-state index >= 15 is 0 Å². The molecule has 1 N–H and O–H groups in total. The maximum atomic E-state index is 11.8. The number of hydrogen-bond acceptors (Lipinski definition) is 7. The van der Waals surface area contributed by atoms with Crippen LogP contribution in [0.25, 0.3) is 0 Å². The van der Waals surface area contributed by atoms with Gasteiger partial charge in [-0.3, -0.25) is 14.9 Å². The molecule has 1 fully saturated rings. The fourth-order valence-electron chi connectivity index (χ4n) is 3.14. The molecule has 1 saturated heterocycles. The topological polar surface area (TPSA) is 117 Å². The molecule has 27 heavy (non-hydrogen) atoms. The molecule has 0 bridgehead atoms. The number of anilines is 1. The summed E-state index contributed by atoms with van der Waals surface area (Å²) in [6, 6.07) is 4.96. The van der Waals surface area contributed by atoms with Gasteiger partial charge in [-0.05, 0) is 13.0 Å². The first-order chi connectivity index (χ1) is 13.0. The number of carbonyl (C=O) groups excluding carboxylic acids is 2. The van der Waals surface area contributed by atoms with Gasteiger partial charge in [-0.2, -0.15) is 5.10 Å². The molecule has 0 aliphatic carbocycles. The molecule has 10 heteroatoms. The maximum Gasteiger partial charge on any atom is 0.409 e. The summed E-state index contributed by atoms with van der Waals surface area (Å²) in [6.45, 7) is 3.91. The summed E-state index contributed by atoms with van der Waals surface area (Å²) < 4.78 is 4.99. The molecule has 1 aromatic rings. The number of carbonyl (C=O) groups is 2. The molecule has 2 aliphatic heterocycles. The van der Waals surface area contributed by atoms with E-state index in [1.807, 2.05) is 4.90 Å². The Morgan fingerprint density at radius 1 is 1.30 bits per heavy atom. The van der Waals surface area contributed by atoms with Gasteiger partial charge in [0.05, 0.1) is 17.2 Å². The molecule has 0 unspecified atom stereocenters. The number of amides is 2. The van der Waals surface area contributed by atoms with Crippen molar-refractivity contribution in [3.8, 4) is 0 Å². The number of benzene rings is 1. The lowest BCUT2D eigenvalue weighted by Gasteiger charge is -2.35. The normalized spacial score (nSPS) is 17.2. The largest absolute Gasteiger partial charge is 0.450 e. The van der Waals surface area contributed by atoms with E-state index in [1.165, 1.54) is 6.07 Å². The first-order valence-corrected chi connectivity index (χ1v) is 8.80. The highest BCUT2D eigenvalue weighted by Gasteiger charge is 2.27. The van der Waals surface area contributed by atoms with Gasteiger partial charge in [0, 0.05) is 50.7 Å². The van der Waals surface area contributed by atoms with E-state index in [0.717, 1.165) is 0 Å². The average Bonchev–Trinajstić information content (AvgIpc) is 2.68. The summed E-state index contributed by atoms with van der Waals surface area (Å²) in [5.74, 6) is -0.163. The standard InChI is InChI=1S/C17H21N5O5/c1-2-27-17(24)21-9-7-20(8-10-21)14-5-3-12(11-15(14)22(25)26)13-4-6-16(23)19-18-13/h3,5,11H,2,4,6-10H2,1H3,(H,19,23). The molecular formula is C17H21N5O5. The third-order valence-corrected chi connectivity index (χ3v) is 4.56. The molecule has 0 radical (unpaired) electrons. The third kappa shape index (κ3) is 4.15. The lowest BCUT2D eigenvalue weighted by atomic mass is 10.0. The Morgan fingerprint density at radius 3 is 2.63 bits per heavy atom. The van der Waals surface area contributed by atoms with Crippen LogP contribution in [0.3, 0.4) is 0 Å². The number of hydrazone groups is 1. The highest BCUT2D eigenvalue weighted by Crippen LogP contribution is 2.31. The van der Waals surface area contributed by atoms with E-state index in [-0.39, 0.29) is 17.7 Å². The van der Waals surface area contributed by atoms with Crippen LogP contribution in [0.5, 0.6) is 0 Å². The summed E-state index contributed by atoms with van der Waals surface area (Å²) in [4.78, 5) is 37.7. The van der Waals surface area contributed by atoms with E-state index in [9.17, 15) is 19.7 Å². The second kappa shape index (κ2) is 8.02. The van der Waals surface area contributed by atoms with Crippen molar-refractivity contribution in [1.82, 2.24) is 10.3 Å². The summed E-state index contributed by atoms with van der Waals surface area (Å²) in [6.07, 6.45) is 0.393. The van der Waals surface area contributed by atoms with Crippen LogP contribution in [0, 0.1) is 10.1 Å². The molecule has 2 amide bonds. The predicted octanol–water partition coefficient (Wildman–Crippen LogP) is 1.49. The lowest BCUT2D eigenvalue weighted by molar-refractivity contribution is -0.384. The molecule has 3 rings (SSSR count). The number of ether oxygens (including phenoxy) is 1. The number of rotatable bonds is 4. The van der Waals surface area contributed by atoms with Gasteiger partial charge in [-0.15, -0.1) is 0 Å². The molecular weight excluding hydrogens is 354 g/mol. The zero-order valence-electron chi connectivity index (χ0n) is 15.0. The third-order valence-electron chi connectivity index (χ3n) is 4.56. The van der Waals surface area contributed by atoms with E-state index in [4.69, 9.17) is 4.74 Å². The van der Waals surface area contributed by atoms with Gasteiger partial charge in [0.25, 0.3) is 5.69 Å². The minimum atomic E-state index is -0.418. The van der Waals surface area contributed by atoms with Gasteiger partial charge in [-0.25, -0.2) is 10.2 Å². The smallest absolute Gasteiger partial charge is 0.409 e. The minimum absolute atomic E-state index is 0.0170. The Kier molecular flexibility index (Phi) is 5.53. The Balaban J connectivity index is 1.77. The molecule has 10 nitrogen and oxygen atoms in total. The van der Waals surface area contributed by atoms with Crippen molar-refractivity contribution < 1.29 is 19.2 Å². The molecule has 0 spiro atoms. The van der Waals surface area contributed by atoms with Crippen molar-refractivity contribution in [3.05, 3.63) is 33.9 Å². The summed E-state index contributed by atoms with van der Waals surface area (Å²) in [7, 11) is 0. The van der Waals surface area contributed by atoms with E-state index in [0.29, 0.717) is 62.6 Å². The maximum absolute atomic E-state index is 11.8. The SMILES string of the molecule is CCOC(=O)N1CCN(c2ccc(C3=NNC(=O)CC3)cc2[N+](=O)[O-])CC1. The summed E-state index contributed by atoms with van der Waals surface area (Å²) >= 11 is 0. The number of nitro benzene ring substituents is 1. The van der Waals surface area contributed by atoms with Gasteiger partial charge in [0.1, 0.15) is 5.69 Å². The van der Waals surface area contributed by atoms with Gasteiger partial charge < -0.3 is 14.5 Å². The Hall–Kier alpha value is -3.17. The second-order valence-corrected chi connectivity index (χ2v) is 6.23. The fourth-order valence-corrected chi connectivity index (χ4v) is 3.14. The van der Waals surface area contributed by atoms with E-state index < -0.39 is 4.92 Å². The van der Waals surface area contributed by atoms with Crippen LogP contribution >= 0.6 is 0 Å². The predicted molar refractivity (Wildman–Crippen MR) is 97.8 cm³/mol. The molecule has 144 valence electrons. The fraction of sp³-hybridized carbons (Fsp3) is 0.471. The van der Waals surface area contributed by atoms with Gasteiger partial charge in [0.2, 0.25) is 5.91 Å². The second-order valence-electron chi connectivity index (χ2n) is 6.23. The molecule has 0 aromatic heterocycles. The van der Waals surface area contributed by atoms with Crippen LogP contribution in [0.2, 0.25) is 0 Å². The van der Waals surface area contributed by atoms with Crippen molar-refractivity contribution in [2.24, 2.45) is 5.10 Å². The number of piperazine rings is 1. The molecule has 2 aliphatic rings. The quantitative estimate of drug-likeness (QED) is 0.629. The average molecular weight is 375 g/mol. The van der Waals surface area contributed by atoms with Crippen LogP contribution in [-0.4, -0.2) is 60.3 Å². The van der Waals surface area contributed by atoms with Crippen LogP contribution < -0.4 is 10.3 Å². The minimum Gasteiger partial charge on any atom is -0.450 e. The first kappa shape index (κ1) is 18.6. The van der Waals surface area contributed by atoms with Crippen molar-refractivity contribution in [2.75, 3.05) is 37.7 Å².